The van der Waals surface area contributed by atoms with Gasteiger partial charge in [0.2, 0.25) is 5.91 Å². The average Bonchev–Trinajstić information content (AvgIpc) is 2.50. The van der Waals surface area contributed by atoms with Crippen molar-refractivity contribution >= 4 is 5.91 Å². The predicted octanol–water partition coefficient (Wildman–Crippen LogP) is 3.44. The Morgan fingerprint density at radius 2 is 1.50 bits per heavy atom. The third kappa shape index (κ3) is 4.09. The molecule has 0 saturated carbocycles. The van der Waals surface area contributed by atoms with Crippen molar-refractivity contribution in [3.05, 3.63) is 84.6 Å². The Balaban J connectivity index is 1.91. The van der Waals surface area contributed by atoms with Gasteiger partial charge in [0.25, 0.3) is 0 Å². The van der Waals surface area contributed by atoms with Crippen LogP contribution in [0, 0.1) is 0 Å². The minimum Gasteiger partial charge on any atom is -0.319 e. The summed E-state index contributed by atoms with van der Waals surface area (Å²) in [7, 11) is 0. The lowest BCUT2D eigenvalue weighted by molar-refractivity contribution is -0.127. The van der Waals surface area contributed by atoms with Crippen molar-refractivity contribution in [2.45, 2.75) is 12.8 Å². The summed E-state index contributed by atoms with van der Waals surface area (Å²) >= 11 is 0. The minimum atomic E-state index is 0.0853. The van der Waals surface area contributed by atoms with Crippen LogP contribution in [-0.4, -0.2) is 17.4 Å². The second kappa shape index (κ2) is 7.29. The highest BCUT2D eigenvalue weighted by atomic mass is 16.2. The number of carbonyl (C=O) groups excluding carboxylic acids is 1. The molecule has 0 spiro atoms. The summed E-state index contributed by atoms with van der Waals surface area (Å²) in [4.78, 5) is 13.9. The van der Waals surface area contributed by atoms with Gasteiger partial charge in [0.15, 0.2) is 0 Å². The number of rotatable bonds is 6. The summed E-state index contributed by atoms with van der Waals surface area (Å²) in [6, 6.07) is 20.0. The minimum absolute atomic E-state index is 0.0853. The van der Waals surface area contributed by atoms with Gasteiger partial charge in [-0.05, 0) is 23.7 Å². The van der Waals surface area contributed by atoms with Gasteiger partial charge in [-0.25, -0.2) is 0 Å². The van der Waals surface area contributed by atoms with E-state index < -0.39 is 0 Å². The molecule has 0 atom stereocenters. The lowest BCUT2D eigenvalue weighted by atomic mass is 10.1. The first-order valence-corrected chi connectivity index (χ1v) is 6.79. The molecule has 2 aromatic rings. The van der Waals surface area contributed by atoms with E-state index in [0.29, 0.717) is 13.0 Å². The first-order chi connectivity index (χ1) is 9.79. The molecular weight excluding hydrogens is 246 g/mol. The molecule has 20 heavy (non-hydrogen) atoms. The zero-order valence-corrected chi connectivity index (χ0v) is 11.5. The summed E-state index contributed by atoms with van der Waals surface area (Å²) < 4.78 is 0. The van der Waals surface area contributed by atoms with Gasteiger partial charge < -0.3 is 4.90 Å². The van der Waals surface area contributed by atoms with E-state index in [4.69, 9.17) is 0 Å². The SMILES string of the molecule is C=CN(CCc1ccccc1)C(=O)Cc1ccccc1. The molecule has 0 aromatic heterocycles. The van der Waals surface area contributed by atoms with Crippen LogP contribution in [0.5, 0.6) is 0 Å². The van der Waals surface area contributed by atoms with Gasteiger partial charge >= 0.3 is 0 Å². The highest BCUT2D eigenvalue weighted by molar-refractivity contribution is 5.79. The lowest BCUT2D eigenvalue weighted by Gasteiger charge is -2.18. The van der Waals surface area contributed by atoms with Crippen LogP contribution in [0.4, 0.5) is 0 Å². The molecule has 0 heterocycles. The first kappa shape index (κ1) is 14.1. The number of hydrogen-bond acceptors (Lipinski definition) is 1. The maximum Gasteiger partial charge on any atom is 0.230 e. The van der Waals surface area contributed by atoms with Crippen molar-refractivity contribution in [1.29, 1.82) is 0 Å². The van der Waals surface area contributed by atoms with Crippen molar-refractivity contribution in [3.63, 3.8) is 0 Å². The van der Waals surface area contributed by atoms with Gasteiger partial charge in [0.05, 0.1) is 6.42 Å². The Morgan fingerprint density at radius 3 is 2.05 bits per heavy atom. The molecule has 0 aliphatic rings. The highest BCUT2D eigenvalue weighted by Gasteiger charge is 2.10. The number of hydrogen-bond donors (Lipinski definition) is 0. The van der Waals surface area contributed by atoms with Crippen molar-refractivity contribution in [2.24, 2.45) is 0 Å². The molecular formula is C18H19NO. The van der Waals surface area contributed by atoms with Crippen LogP contribution in [-0.2, 0) is 17.6 Å². The monoisotopic (exact) mass is 265 g/mol. The fourth-order valence-electron chi connectivity index (χ4n) is 2.08. The largest absolute Gasteiger partial charge is 0.319 e. The number of benzene rings is 2. The van der Waals surface area contributed by atoms with Crippen molar-refractivity contribution in [3.8, 4) is 0 Å². The van der Waals surface area contributed by atoms with E-state index in [1.54, 1.807) is 11.1 Å². The topological polar surface area (TPSA) is 20.3 Å². The molecule has 0 radical (unpaired) electrons. The van der Waals surface area contributed by atoms with Crippen LogP contribution < -0.4 is 0 Å². The van der Waals surface area contributed by atoms with E-state index in [9.17, 15) is 4.79 Å². The summed E-state index contributed by atoms with van der Waals surface area (Å²) in [6.45, 7) is 4.41. The molecule has 0 aliphatic heterocycles. The third-order valence-electron chi connectivity index (χ3n) is 3.22. The van der Waals surface area contributed by atoms with Gasteiger partial charge in [-0.2, -0.15) is 0 Å². The van der Waals surface area contributed by atoms with E-state index >= 15 is 0 Å². The molecule has 0 unspecified atom stereocenters. The zero-order chi connectivity index (χ0) is 14.2. The maximum absolute atomic E-state index is 12.2. The van der Waals surface area contributed by atoms with E-state index in [-0.39, 0.29) is 5.91 Å². The van der Waals surface area contributed by atoms with Gasteiger partial charge in [0, 0.05) is 6.54 Å². The molecule has 2 aromatic carbocycles. The molecule has 0 bridgehead atoms. The summed E-state index contributed by atoms with van der Waals surface area (Å²) in [5, 5.41) is 0. The van der Waals surface area contributed by atoms with E-state index in [0.717, 1.165) is 12.0 Å². The number of amides is 1. The van der Waals surface area contributed by atoms with Crippen molar-refractivity contribution in [1.82, 2.24) is 4.90 Å². The fourth-order valence-corrected chi connectivity index (χ4v) is 2.08. The second-order valence-corrected chi connectivity index (χ2v) is 4.67. The Hall–Kier alpha value is -2.35. The zero-order valence-electron chi connectivity index (χ0n) is 11.5. The fraction of sp³-hybridized carbons (Fsp3) is 0.167. The number of carbonyl (C=O) groups is 1. The number of nitrogens with zero attached hydrogens (tertiary/aromatic N) is 1. The average molecular weight is 265 g/mol. The smallest absolute Gasteiger partial charge is 0.230 e. The molecule has 102 valence electrons. The van der Waals surface area contributed by atoms with E-state index in [2.05, 4.69) is 18.7 Å². The quantitative estimate of drug-likeness (QED) is 0.783. The van der Waals surface area contributed by atoms with Crippen molar-refractivity contribution in [2.75, 3.05) is 6.54 Å². The van der Waals surface area contributed by atoms with Crippen LogP contribution in [0.25, 0.3) is 0 Å². The molecule has 1 amide bonds. The van der Waals surface area contributed by atoms with Gasteiger partial charge in [0.1, 0.15) is 0 Å². The summed E-state index contributed by atoms with van der Waals surface area (Å²) in [5.41, 5.74) is 2.26. The second-order valence-electron chi connectivity index (χ2n) is 4.67. The van der Waals surface area contributed by atoms with Crippen LogP contribution in [0.3, 0.4) is 0 Å². The van der Waals surface area contributed by atoms with E-state index in [1.165, 1.54) is 5.56 Å². The molecule has 0 fully saturated rings. The van der Waals surface area contributed by atoms with Crippen molar-refractivity contribution < 1.29 is 4.79 Å². The molecule has 2 rings (SSSR count). The summed E-state index contributed by atoms with van der Waals surface area (Å²) in [6.07, 6.45) is 2.88. The Morgan fingerprint density at radius 1 is 0.950 bits per heavy atom. The molecule has 2 nitrogen and oxygen atoms in total. The molecule has 0 saturated heterocycles. The van der Waals surface area contributed by atoms with Crippen LogP contribution in [0.1, 0.15) is 11.1 Å². The third-order valence-corrected chi connectivity index (χ3v) is 3.22. The van der Waals surface area contributed by atoms with Crippen LogP contribution in [0.15, 0.2) is 73.4 Å². The standard InChI is InChI=1S/C18H19NO/c1-2-19(14-13-16-9-5-3-6-10-16)18(20)15-17-11-7-4-8-12-17/h2-12H,1,13-15H2. The van der Waals surface area contributed by atoms with Gasteiger partial charge in [-0.1, -0.05) is 67.2 Å². The summed E-state index contributed by atoms with van der Waals surface area (Å²) in [5.74, 6) is 0.0853. The van der Waals surface area contributed by atoms with Crippen LogP contribution in [0.2, 0.25) is 0 Å². The molecule has 2 heteroatoms. The Bertz CT molecular complexity index is 548. The van der Waals surface area contributed by atoms with Gasteiger partial charge in [-0.15, -0.1) is 0 Å². The molecule has 0 aliphatic carbocycles. The maximum atomic E-state index is 12.2. The van der Waals surface area contributed by atoms with E-state index in [1.807, 2.05) is 48.5 Å². The van der Waals surface area contributed by atoms with Crippen LogP contribution >= 0.6 is 0 Å². The first-order valence-electron chi connectivity index (χ1n) is 6.79. The Kier molecular flexibility index (Phi) is 5.13. The lowest BCUT2D eigenvalue weighted by Crippen LogP contribution is -2.29. The Labute approximate surface area is 120 Å². The highest BCUT2D eigenvalue weighted by Crippen LogP contribution is 2.06. The normalized spacial score (nSPS) is 10.0. The predicted molar refractivity (Wildman–Crippen MR) is 82.2 cm³/mol. The van der Waals surface area contributed by atoms with Gasteiger partial charge in [-0.3, -0.25) is 4.79 Å². The molecule has 0 N–H and O–H groups in total.